The van der Waals surface area contributed by atoms with Gasteiger partial charge in [0.05, 0.1) is 25.2 Å². The van der Waals surface area contributed by atoms with Crippen molar-refractivity contribution >= 4 is 11.9 Å². The molecule has 0 radical (unpaired) electrons. The summed E-state index contributed by atoms with van der Waals surface area (Å²) in [5.74, 6) is -0.533. The number of unbranched alkanes of at least 4 members (excludes halogenated alkanes) is 17. The molecule has 328 valence electrons. The van der Waals surface area contributed by atoms with Gasteiger partial charge in [0.2, 0.25) is 5.91 Å². The monoisotopic (exact) mass is 796 g/mol. The number of hydrogen-bond donors (Lipinski definition) is 3. The second-order valence-electron chi connectivity index (χ2n) is 15.7. The molecule has 57 heavy (non-hydrogen) atoms. The molecule has 0 saturated heterocycles. The Morgan fingerprint density at radius 3 is 1.46 bits per heavy atom. The summed E-state index contributed by atoms with van der Waals surface area (Å²) in [6, 6.07) is -0.717. The summed E-state index contributed by atoms with van der Waals surface area (Å²) in [4.78, 5) is 26.0. The van der Waals surface area contributed by atoms with Crippen LogP contribution in [0.25, 0.3) is 0 Å². The maximum Gasteiger partial charge on any atom is 0.306 e. The van der Waals surface area contributed by atoms with Gasteiger partial charge in [-0.3, -0.25) is 9.59 Å². The van der Waals surface area contributed by atoms with Crippen molar-refractivity contribution in [3.05, 3.63) is 72.9 Å². The number of esters is 1. The fourth-order valence-electron chi connectivity index (χ4n) is 6.75. The Balaban J connectivity index is 4.65. The van der Waals surface area contributed by atoms with Crippen LogP contribution in [0.5, 0.6) is 0 Å². The lowest BCUT2D eigenvalue weighted by molar-refractivity contribution is -0.151. The van der Waals surface area contributed by atoms with Gasteiger partial charge in [0.25, 0.3) is 0 Å². The topological polar surface area (TPSA) is 95.9 Å². The Kier molecular flexibility index (Phi) is 42.3. The maximum atomic E-state index is 13.1. The van der Waals surface area contributed by atoms with Crippen LogP contribution in [0.3, 0.4) is 0 Å². The molecule has 0 aliphatic carbocycles. The Morgan fingerprint density at radius 2 is 0.947 bits per heavy atom. The molecular formula is C51H89NO5. The van der Waals surface area contributed by atoms with Crippen molar-refractivity contribution in [2.45, 2.75) is 232 Å². The summed E-state index contributed by atoms with van der Waals surface area (Å²) >= 11 is 0. The van der Waals surface area contributed by atoms with E-state index in [2.05, 4.69) is 99.0 Å². The number of allylic oxidation sites excluding steroid dienone is 12. The van der Waals surface area contributed by atoms with Gasteiger partial charge in [0.1, 0.15) is 6.10 Å². The number of hydrogen-bond acceptors (Lipinski definition) is 5. The number of amides is 1. The van der Waals surface area contributed by atoms with Gasteiger partial charge in [0.15, 0.2) is 0 Å². The van der Waals surface area contributed by atoms with E-state index in [1.54, 1.807) is 0 Å². The normalized spacial score (nSPS) is 14.0. The molecule has 0 aliphatic rings. The Hall–Kier alpha value is -2.70. The van der Waals surface area contributed by atoms with Crippen LogP contribution >= 0.6 is 0 Å². The molecule has 3 atom stereocenters. The number of nitrogens with one attached hydrogen (secondary N) is 1. The highest BCUT2D eigenvalue weighted by Gasteiger charge is 2.24. The Morgan fingerprint density at radius 1 is 0.526 bits per heavy atom. The molecule has 0 bridgehead atoms. The van der Waals surface area contributed by atoms with Crippen LogP contribution < -0.4 is 5.32 Å². The van der Waals surface area contributed by atoms with E-state index < -0.39 is 18.2 Å². The van der Waals surface area contributed by atoms with Gasteiger partial charge in [-0.25, -0.2) is 0 Å². The molecular weight excluding hydrogens is 707 g/mol. The van der Waals surface area contributed by atoms with Crippen molar-refractivity contribution in [2.24, 2.45) is 0 Å². The lowest BCUT2D eigenvalue weighted by Gasteiger charge is -2.24. The summed E-state index contributed by atoms with van der Waals surface area (Å²) in [6.07, 6.45) is 55.3. The fraction of sp³-hybridized carbons (Fsp3) is 0.725. The molecule has 0 aromatic heterocycles. The van der Waals surface area contributed by atoms with E-state index in [4.69, 9.17) is 4.74 Å². The van der Waals surface area contributed by atoms with E-state index in [1.807, 2.05) is 0 Å². The number of aliphatic hydroxyl groups excluding tert-OH is 2. The lowest BCUT2D eigenvalue weighted by Crippen LogP contribution is -2.46. The van der Waals surface area contributed by atoms with Gasteiger partial charge in [-0.05, 0) is 89.9 Å². The molecule has 6 nitrogen and oxygen atoms in total. The zero-order valence-electron chi connectivity index (χ0n) is 37.2. The predicted octanol–water partition coefficient (Wildman–Crippen LogP) is 13.8. The summed E-state index contributed by atoms with van der Waals surface area (Å²) in [6.45, 7) is 6.22. The highest BCUT2D eigenvalue weighted by Crippen LogP contribution is 2.17. The molecule has 0 fully saturated rings. The zero-order valence-corrected chi connectivity index (χ0v) is 37.2. The minimum absolute atomic E-state index is 0.0430. The minimum Gasteiger partial charge on any atom is -0.462 e. The summed E-state index contributed by atoms with van der Waals surface area (Å²) in [5.41, 5.74) is 0. The smallest absolute Gasteiger partial charge is 0.306 e. The van der Waals surface area contributed by atoms with Crippen molar-refractivity contribution in [1.29, 1.82) is 0 Å². The van der Waals surface area contributed by atoms with Gasteiger partial charge < -0.3 is 20.3 Å². The number of ether oxygens (including phenoxy) is 1. The van der Waals surface area contributed by atoms with Gasteiger partial charge >= 0.3 is 5.97 Å². The summed E-state index contributed by atoms with van der Waals surface area (Å²) in [7, 11) is 0. The Labute approximate surface area is 351 Å². The van der Waals surface area contributed by atoms with E-state index in [9.17, 15) is 19.8 Å². The molecule has 0 spiro atoms. The zero-order chi connectivity index (χ0) is 41.7. The van der Waals surface area contributed by atoms with E-state index >= 15 is 0 Å². The average Bonchev–Trinajstić information content (AvgIpc) is 3.20. The van der Waals surface area contributed by atoms with Gasteiger partial charge in [-0.15, -0.1) is 0 Å². The average molecular weight is 796 g/mol. The third-order valence-corrected chi connectivity index (χ3v) is 10.3. The number of carbonyl (C=O) groups excluding carboxylic acids is 2. The van der Waals surface area contributed by atoms with E-state index in [0.29, 0.717) is 19.3 Å². The molecule has 3 N–H and O–H groups in total. The van der Waals surface area contributed by atoms with Crippen LogP contribution in [0.4, 0.5) is 0 Å². The van der Waals surface area contributed by atoms with Crippen molar-refractivity contribution < 1.29 is 24.5 Å². The van der Waals surface area contributed by atoms with E-state index in [0.717, 1.165) is 103 Å². The molecule has 1 amide bonds. The van der Waals surface area contributed by atoms with Gasteiger partial charge in [-0.2, -0.15) is 0 Å². The molecule has 0 aromatic rings. The molecule has 0 rings (SSSR count). The highest BCUT2D eigenvalue weighted by molar-refractivity contribution is 5.77. The van der Waals surface area contributed by atoms with Crippen LogP contribution in [0.2, 0.25) is 0 Å². The van der Waals surface area contributed by atoms with Crippen molar-refractivity contribution in [3.63, 3.8) is 0 Å². The standard InChI is InChI=1S/C51H89NO5/c1-4-7-10-13-16-19-22-24-25-26-27-29-32-35-38-41-44-51(56)57-47(42-39-36-33-30-28-23-20-17-14-11-8-5-2)45-50(55)52-48(46-53)49(54)43-40-37-34-31-21-18-15-12-9-6-3/h7-8,10-11,16-17,19-20,24-25,28,30,47-49,53-54H,4-6,9,12-15,18,21-23,26-27,29,31-46H2,1-3H3,(H,52,55)/b10-7+,11-8+,19-16+,20-17+,25-24+,30-28+. The van der Waals surface area contributed by atoms with Crippen LogP contribution in [-0.2, 0) is 14.3 Å². The molecule has 6 heteroatoms. The molecule has 3 unspecified atom stereocenters. The van der Waals surface area contributed by atoms with Crippen LogP contribution in [0.15, 0.2) is 72.9 Å². The number of aliphatic hydroxyl groups is 2. The third-order valence-electron chi connectivity index (χ3n) is 10.3. The van der Waals surface area contributed by atoms with Crippen LogP contribution in [0.1, 0.15) is 213 Å². The fourth-order valence-corrected chi connectivity index (χ4v) is 6.75. The SMILES string of the molecule is CC/C=C/C/C=C/C/C=C/CCCCCCCCC(=O)OC(CCCC/C=C/C/C=C/C/C=C/CC)CC(=O)NC(CO)C(O)CCCCCCCCCCCC. The number of rotatable bonds is 41. The minimum atomic E-state index is -0.801. The number of carbonyl (C=O) groups is 2. The largest absolute Gasteiger partial charge is 0.462 e. The second-order valence-corrected chi connectivity index (χ2v) is 15.7. The predicted molar refractivity (Wildman–Crippen MR) is 245 cm³/mol. The molecule has 0 heterocycles. The quantitative estimate of drug-likeness (QED) is 0.0325. The summed E-state index contributed by atoms with van der Waals surface area (Å²) in [5, 5.41) is 23.6. The second kappa shape index (κ2) is 44.4. The van der Waals surface area contributed by atoms with Gasteiger partial charge in [-0.1, -0.05) is 184 Å². The molecule has 0 aromatic carbocycles. The van der Waals surface area contributed by atoms with Gasteiger partial charge in [0, 0.05) is 6.42 Å². The first kappa shape index (κ1) is 54.3. The van der Waals surface area contributed by atoms with Crippen molar-refractivity contribution in [3.8, 4) is 0 Å². The highest BCUT2D eigenvalue weighted by atomic mass is 16.5. The first-order valence-electron chi connectivity index (χ1n) is 23.7. The lowest BCUT2D eigenvalue weighted by atomic mass is 10.0. The summed E-state index contributed by atoms with van der Waals surface area (Å²) < 4.78 is 5.89. The van der Waals surface area contributed by atoms with E-state index in [1.165, 1.54) is 64.2 Å². The van der Waals surface area contributed by atoms with Crippen molar-refractivity contribution in [1.82, 2.24) is 5.32 Å². The first-order valence-corrected chi connectivity index (χ1v) is 23.7. The third kappa shape index (κ3) is 39.9. The van der Waals surface area contributed by atoms with Crippen LogP contribution in [0, 0.1) is 0 Å². The molecule has 0 saturated carbocycles. The molecule has 0 aliphatic heterocycles. The maximum absolute atomic E-state index is 13.1. The van der Waals surface area contributed by atoms with Crippen LogP contribution in [-0.4, -0.2) is 46.9 Å². The first-order chi connectivity index (χ1) is 28.0. The van der Waals surface area contributed by atoms with Crippen molar-refractivity contribution in [2.75, 3.05) is 6.61 Å². The van der Waals surface area contributed by atoms with E-state index in [-0.39, 0.29) is 24.9 Å². The Bertz CT molecular complexity index is 1070.